The summed E-state index contributed by atoms with van der Waals surface area (Å²) in [5, 5.41) is 5.92. The van der Waals surface area contributed by atoms with E-state index in [2.05, 4.69) is 20.6 Å². The van der Waals surface area contributed by atoms with Crippen LogP contribution < -0.4 is 21.1 Å². The Balaban J connectivity index is 1.49. The standard InChI is InChI=1S/C23H25N5O3/c1-15(29)26-17-3-2-4-18(14-17)27-23-25-10-7-21(28-23)16-5-6-22(20(24)13-16)31-19-8-11-30-12-9-19/h2-7,10,13-14,19H,8-9,11-12,24H2,1H3,(H,26,29)(H,25,27,28). The Kier molecular flexibility index (Phi) is 6.28. The second-order valence-electron chi connectivity index (χ2n) is 7.33. The SMILES string of the molecule is CC(=O)Nc1cccc(Nc2nccc(-c3ccc(OC4CCOCC4)c(N)c3)n2)c1. The lowest BCUT2D eigenvalue weighted by Gasteiger charge is -2.24. The minimum atomic E-state index is -0.128. The summed E-state index contributed by atoms with van der Waals surface area (Å²) in [6, 6.07) is 14.9. The fourth-order valence-electron chi connectivity index (χ4n) is 3.38. The van der Waals surface area contributed by atoms with Crippen LogP contribution in [0.5, 0.6) is 5.75 Å². The molecule has 3 aromatic rings. The number of aromatic nitrogens is 2. The van der Waals surface area contributed by atoms with E-state index in [9.17, 15) is 4.79 Å². The molecule has 0 bridgehead atoms. The van der Waals surface area contributed by atoms with Crippen molar-refractivity contribution < 1.29 is 14.3 Å². The predicted molar refractivity (Wildman–Crippen MR) is 120 cm³/mol. The van der Waals surface area contributed by atoms with Crippen LogP contribution in [0, 0.1) is 0 Å². The molecule has 1 aliphatic rings. The number of benzene rings is 2. The van der Waals surface area contributed by atoms with Crippen molar-refractivity contribution in [1.82, 2.24) is 9.97 Å². The van der Waals surface area contributed by atoms with E-state index >= 15 is 0 Å². The Morgan fingerprint density at radius 2 is 1.94 bits per heavy atom. The van der Waals surface area contributed by atoms with Gasteiger partial charge in [0.05, 0.1) is 24.6 Å². The number of ether oxygens (including phenoxy) is 2. The summed E-state index contributed by atoms with van der Waals surface area (Å²) in [6.07, 6.45) is 3.55. The monoisotopic (exact) mass is 419 g/mol. The minimum absolute atomic E-state index is 0.128. The molecule has 8 heteroatoms. The number of nitrogens with zero attached hydrogens (tertiary/aromatic N) is 2. The number of carbonyl (C=O) groups is 1. The first kappa shape index (κ1) is 20.6. The Labute approximate surface area is 180 Å². The average molecular weight is 419 g/mol. The van der Waals surface area contributed by atoms with Crippen molar-refractivity contribution in [3.8, 4) is 17.0 Å². The number of hydrogen-bond acceptors (Lipinski definition) is 7. The molecule has 8 nitrogen and oxygen atoms in total. The first-order valence-corrected chi connectivity index (χ1v) is 10.2. The second-order valence-corrected chi connectivity index (χ2v) is 7.33. The van der Waals surface area contributed by atoms with E-state index in [0.29, 0.717) is 36.3 Å². The lowest BCUT2D eigenvalue weighted by atomic mass is 10.1. The van der Waals surface area contributed by atoms with Crippen LogP contribution in [-0.4, -0.2) is 35.2 Å². The molecule has 4 rings (SSSR count). The quantitative estimate of drug-likeness (QED) is 0.518. The summed E-state index contributed by atoms with van der Waals surface area (Å²) < 4.78 is 11.4. The lowest BCUT2D eigenvalue weighted by molar-refractivity contribution is -0.114. The molecule has 31 heavy (non-hydrogen) atoms. The van der Waals surface area contributed by atoms with Crippen molar-refractivity contribution in [2.45, 2.75) is 25.9 Å². The van der Waals surface area contributed by atoms with Gasteiger partial charge < -0.3 is 25.8 Å². The maximum Gasteiger partial charge on any atom is 0.227 e. The molecule has 1 fully saturated rings. The van der Waals surface area contributed by atoms with E-state index in [4.69, 9.17) is 15.2 Å². The Bertz CT molecular complexity index is 1070. The maximum atomic E-state index is 11.3. The fourth-order valence-corrected chi connectivity index (χ4v) is 3.38. The van der Waals surface area contributed by atoms with Gasteiger partial charge in [-0.1, -0.05) is 6.07 Å². The van der Waals surface area contributed by atoms with E-state index in [1.807, 2.05) is 48.5 Å². The smallest absolute Gasteiger partial charge is 0.227 e. The summed E-state index contributed by atoms with van der Waals surface area (Å²) in [5.41, 5.74) is 9.88. The zero-order chi connectivity index (χ0) is 21.6. The lowest BCUT2D eigenvalue weighted by Crippen LogP contribution is -2.26. The highest BCUT2D eigenvalue weighted by Crippen LogP contribution is 2.30. The van der Waals surface area contributed by atoms with Crippen LogP contribution in [0.4, 0.5) is 23.0 Å². The second kappa shape index (κ2) is 9.44. The van der Waals surface area contributed by atoms with Gasteiger partial charge in [-0.05, 0) is 42.5 Å². The van der Waals surface area contributed by atoms with Crippen molar-refractivity contribution in [1.29, 1.82) is 0 Å². The minimum Gasteiger partial charge on any atom is -0.488 e. The van der Waals surface area contributed by atoms with Gasteiger partial charge in [-0.25, -0.2) is 9.97 Å². The van der Waals surface area contributed by atoms with Crippen LogP contribution in [0.2, 0.25) is 0 Å². The molecule has 2 heterocycles. The highest BCUT2D eigenvalue weighted by molar-refractivity contribution is 5.89. The molecule has 0 aliphatic carbocycles. The third-order valence-corrected chi connectivity index (χ3v) is 4.86. The van der Waals surface area contributed by atoms with Crippen molar-refractivity contribution in [3.05, 3.63) is 54.7 Å². The van der Waals surface area contributed by atoms with Crippen LogP contribution in [0.25, 0.3) is 11.3 Å². The first-order chi connectivity index (χ1) is 15.1. The number of carbonyl (C=O) groups excluding carboxylic acids is 1. The molecule has 0 spiro atoms. The number of amides is 1. The van der Waals surface area contributed by atoms with Gasteiger partial charge in [-0.15, -0.1) is 0 Å². The van der Waals surface area contributed by atoms with E-state index in [1.165, 1.54) is 6.92 Å². The number of nitrogen functional groups attached to an aromatic ring is 1. The van der Waals surface area contributed by atoms with Gasteiger partial charge in [0.1, 0.15) is 11.9 Å². The number of hydrogen-bond donors (Lipinski definition) is 3. The first-order valence-electron chi connectivity index (χ1n) is 10.2. The molecule has 2 aromatic carbocycles. The van der Waals surface area contributed by atoms with Crippen molar-refractivity contribution in [2.75, 3.05) is 29.6 Å². The van der Waals surface area contributed by atoms with Crippen LogP contribution in [0.3, 0.4) is 0 Å². The largest absolute Gasteiger partial charge is 0.488 e. The molecule has 0 atom stereocenters. The molecule has 1 aromatic heterocycles. The zero-order valence-electron chi connectivity index (χ0n) is 17.3. The number of nitrogens with one attached hydrogen (secondary N) is 2. The molecule has 160 valence electrons. The van der Waals surface area contributed by atoms with Crippen molar-refractivity contribution >= 4 is 28.9 Å². The Morgan fingerprint density at radius 3 is 2.71 bits per heavy atom. The summed E-state index contributed by atoms with van der Waals surface area (Å²) in [7, 11) is 0. The third-order valence-electron chi connectivity index (χ3n) is 4.86. The number of nitrogens with two attached hydrogens (primary N) is 1. The molecule has 4 N–H and O–H groups in total. The van der Waals surface area contributed by atoms with E-state index < -0.39 is 0 Å². The molecule has 0 saturated carbocycles. The summed E-state index contributed by atoms with van der Waals surface area (Å²) >= 11 is 0. The van der Waals surface area contributed by atoms with Gasteiger partial charge >= 0.3 is 0 Å². The Hall–Kier alpha value is -3.65. The maximum absolute atomic E-state index is 11.3. The van der Waals surface area contributed by atoms with Crippen LogP contribution >= 0.6 is 0 Å². The molecule has 0 unspecified atom stereocenters. The number of rotatable bonds is 6. The van der Waals surface area contributed by atoms with Gasteiger partial charge in [0.2, 0.25) is 11.9 Å². The van der Waals surface area contributed by atoms with E-state index in [1.54, 1.807) is 6.20 Å². The highest BCUT2D eigenvalue weighted by atomic mass is 16.5. The number of anilines is 4. The molecular formula is C23H25N5O3. The normalized spacial score (nSPS) is 14.1. The molecule has 1 aliphatic heterocycles. The molecule has 1 amide bonds. The summed E-state index contributed by atoms with van der Waals surface area (Å²) in [4.78, 5) is 20.2. The molecular weight excluding hydrogens is 394 g/mol. The molecule has 0 radical (unpaired) electrons. The van der Waals surface area contributed by atoms with Crippen molar-refractivity contribution in [2.24, 2.45) is 0 Å². The topological polar surface area (TPSA) is 111 Å². The average Bonchev–Trinajstić information content (AvgIpc) is 2.76. The zero-order valence-corrected chi connectivity index (χ0v) is 17.3. The fraction of sp³-hybridized carbons (Fsp3) is 0.261. The molecule has 1 saturated heterocycles. The summed E-state index contributed by atoms with van der Waals surface area (Å²) in [5.74, 6) is 0.994. The van der Waals surface area contributed by atoms with Gasteiger partial charge in [-0.2, -0.15) is 0 Å². The van der Waals surface area contributed by atoms with Gasteiger partial charge in [0.25, 0.3) is 0 Å². The van der Waals surface area contributed by atoms with E-state index in [0.717, 1.165) is 29.8 Å². The third kappa shape index (κ3) is 5.49. The van der Waals surface area contributed by atoms with Crippen LogP contribution in [0.15, 0.2) is 54.7 Å². The van der Waals surface area contributed by atoms with Gasteiger partial charge in [0.15, 0.2) is 0 Å². The highest BCUT2D eigenvalue weighted by Gasteiger charge is 2.17. The van der Waals surface area contributed by atoms with Crippen molar-refractivity contribution in [3.63, 3.8) is 0 Å². The summed E-state index contributed by atoms with van der Waals surface area (Å²) in [6.45, 7) is 2.90. The predicted octanol–water partition coefficient (Wildman–Crippen LogP) is 3.99. The van der Waals surface area contributed by atoms with Gasteiger partial charge in [-0.3, -0.25) is 4.79 Å². The Morgan fingerprint density at radius 1 is 1.13 bits per heavy atom. The van der Waals surface area contributed by atoms with E-state index in [-0.39, 0.29) is 12.0 Å². The van der Waals surface area contributed by atoms with Crippen LogP contribution in [0.1, 0.15) is 19.8 Å². The van der Waals surface area contributed by atoms with Crippen LogP contribution in [-0.2, 0) is 9.53 Å². The van der Waals surface area contributed by atoms with Gasteiger partial charge in [0, 0.05) is 42.9 Å².